The third-order valence-corrected chi connectivity index (χ3v) is 6.10. The molecule has 8 heteroatoms. The van der Waals surface area contributed by atoms with Crippen molar-refractivity contribution in [1.29, 1.82) is 0 Å². The average Bonchev–Trinajstić information content (AvgIpc) is 3.32. The summed E-state index contributed by atoms with van der Waals surface area (Å²) in [6.07, 6.45) is 5.50. The van der Waals surface area contributed by atoms with Crippen LogP contribution in [-0.4, -0.2) is 71.3 Å². The standard InChI is InChI=1S/C23H26N4O4/c28-23(27-8-5-18(6-9-27)26-10-12-29-13-11-26)21-14-19(31-25-21)16-30-22-3-1-2-17-15-24-7-4-20(17)22/h1-4,7,14-15,18H,5-6,8-13,16H2. The quantitative estimate of drug-likeness (QED) is 0.625. The molecule has 0 unspecified atom stereocenters. The minimum absolute atomic E-state index is 0.0772. The molecule has 3 aromatic rings. The highest BCUT2D eigenvalue weighted by Gasteiger charge is 2.29. The molecule has 0 bridgehead atoms. The van der Waals surface area contributed by atoms with Gasteiger partial charge in [0.05, 0.1) is 13.2 Å². The SMILES string of the molecule is O=C(c1cc(COc2cccc3cnccc23)on1)N1CCC(N2CCOCC2)CC1. The third-order valence-electron chi connectivity index (χ3n) is 6.10. The van der Waals surface area contributed by atoms with Gasteiger partial charge in [-0.2, -0.15) is 0 Å². The highest BCUT2D eigenvalue weighted by molar-refractivity contribution is 5.92. The smallest absolute Gasteiger partial charge is 0.276 e. The van der Waals surface area contributed by atoms with Gasteiger partial charge in [-0.05, 0) is 25.0 Å². The summed E-state index contributed by atoms with van der Waals surface area (Å²) in [5.74, 6) is 1.19. The second kappa shape index (κ2) is 9.03. The molecule has 0 atom stereocenters. The maximum Gasteiger partial charge on any atom is 0.276 e. The molecular weight excluding hydrogens is 396 g/mol. The van der Waals surface area contributed by atoms with Crippen LogP contribution < -0.4 is 4.74 Å². The number of ether oxygens (including phenoxy) is 2. The fraction of sp³-hybridized carbons (Fsp3) is 0.435. The Kier molecular flexibility index (Phi) is 5.82. The molecule has 0 saturated carbocycles. The third kappa shape index (κ3) is 4.40. The molecule has 8 nitrogen and oxygen atoms in total. The van der Waals surface area contributed by atoms with Crippen LogP contribution in [0.2, 0.25) is 0 Å². The summed E-state index contributed by atoms with van der Waals surface area (Å²) in [6.45, 7) is 5.27. The molecule has 162 valence electrons. The molecule has 1 amide bonds. The van der Waals surface area contributed by atoms with Crippen LogP contribution in [0.3, 0.4) is 0 Å². The minimum Gasteiger partial charge on any atom is -0.485 e. The van der Waals surface area contributed by atoms with Crippen molar-refractivity contribution in [2.45, 2.75) is 25.5 Å². The zero-order chi connectivity index (χ0) is 21.0. The lowest BCUT2D eigenvalue weighted by Gasteiger charge is -2.39. The van der Waals surface area contributed by atoms with Gasteiger partial charge in [0.1, 0.15) is 12.4 Å². The number of likely N-dealkylation sites (tertiary alicyclic amines) is 1. The number of pyridine rings is 1. The summed E-state index contributed by atoms with van der Waals surface area (Å²) >= 11 is 0. The topological polar surface area (TPSA) is 80.9 Å². The Bertz CT molecular complexity index is 1030. The monoisotopic (exact) mass is 422 g/mol. The molecular formula is C23H26N4O4. The number of aromatic nitrogens is 2. The van der Waals surface area contributed by atoms with E-state index in [9.17, 15) is 4.79 Å². The first-order valence-corrected chi connectivity index (χ1v) is 10.8. The second-order valence-electron chi connectivity index (χ2n) is 7.99. The van der Waals surface area contributed by atoms with E-state index in [2.05, 4.69) is 15.0 Å². The highest BCUT2D eigenvalue weighted by atomic mass is 16.5. The molecule has 0 N–H and O–H groups in total. The molecule has 0 radical (unpaired) electrons. The van der Waals surface area contributed by atoms with Crippen LogP contribution in [-0.2, 0) is 11.3 Å². The van der Waals surface area contributed by atoms with Gasteiger partial charge < -0.3 is 18.9 Å². The molecule has 2 aliphatic rings. The van der Waals surface area contributed by atoms with E-state index in [1.807, 2.05) is 29.2 Å². The van der Waals surface area contributed by atoms with Gasteiger partial charge in [0.25, 0.3) is 5.91 Å². The van der Waals surface area contributed by atoms with E-state index in [4.69, 9.17) is 14.0 Å². The maximum absolute atomic E-state index is 12.9. The number of piperidine rings is 1. The summed E-state index contributed by atoms with van der Waals surface area (Å²) < 4.78 is 16.7. The largest absolute Gasteiger partial charge is 0.485 e. The summed E-state index contributed by atoms with van der Waals surface area (Å²) in [4.78, 5) is 21.4. The average molecular weight is 422 g/mol. The number of fused-ring (bicyclic) bond motifs is 1. The molecule has 2 saturated heterocycles. The molecule has 0 spiro atoms. The Morgan fingerprint density at radius 2 is 1.97 bits per heavy atom. The number of amides is 1. The lowest BCUT2D eigenvalue weighted by atomic mass is 10.0. The van der Waals surface area contributed by atoms with E-state index < -0.39 is 0 Å². The van der Waals surface area contributed by atoms with Crippen molar-refractivity contribution < 1.29 is 18.8 Å². The van der Waals surface area contributed by atoms with Crippen LogP contribution in [0.15, 0.2) is 47.2 Å². The highest BCUT2D eigenvalue weighted by Crippen LogP contribution is 2.25. The van der Waals surface area contributed by atoms with Crippen LogP contribution in [0.25, 0.3) is 10.8 Å². The number of carbonyl (C=O) groups excluding carboxylic acids is 1. The van der Waals surface area contributed by atoms with E-state index in [1.165, 1.54) is 0 Å². The Labute approximate surface area is 180 Å². The van der Waals surface area contributed by atoms with Crippen molar-refractivity contribution in [2.24, 2.45) is 0 Å². The van der Waals surface area contributed by atoms with E-state index in [0.29, 0.717) is 17.5 Å². The fourth-order valence-electron chi connectivity index (χ4n) is 4.39. The van der Waals surface area contributed by atoms with Gasteiger partial charge in [-0.15, -0.1) is 0 Å². The Hall–Kier alpha value is -2.97. The number of morpholine rings is 1. The van der Waals surface area contributed by atoms with Crippen molar-refractivity contribution in [2.75, 3.05) is 39.4 Å². The molecule has 2 fully saturated rings. The van der Waals surface area contributed by atoms with E-state index >= 15 is 0 Å². The van der Waals surface area contributed by atoms with Crippen molar-refractivity contribution in [3.63, 3.8) is 0 Å². The maximum atomic E-state index is 12.9. The van der Waals surface area contributed by atoms with Gasteiger partial charge in [-0.25, -0.2) is 0 Å². The van der Waals surface area contributed by atoms with Crippen LogP contribution in [0.5, 0.6) is 5.75 Å². The molecule has 0 aliphatic carbocycles. The number of rotatable bonds is 5. The van der Waals surface area contributed by atoms with Crippen LogP contribution >= 0.6 is 0 Å². The molecule has 2 aromatic heterocycles. The van der Waals surface area contributed by atoms with E-state index in [0.717, 1.165) is 68.8 Å². The summed E-state index contributed by atoms with van der Waals surface area (Å²) in [5.41, 5.74) is 0.338. The van der Waals surface area contributed by atoms with Gasteiger partial charge in [-0.3, -0.25) is 14.7 Å². The van der Waals surface area contributed by atoms with Crippen molar-refractivity contribution in [1.82, 2.24) is 19.9 Å². The zero-order valence-electron chi connectivity index (χ0n) is 17.4. The van der Waals surface area contributed by atoms with Crippen molar-refractivity contribution in [3.8, 4) is 5.75 Å². The van der Waals surface area contributed by atoms with E-state index in [-0.39, 0.29) is 12.5 Å². The van der Waals surface area contributed by atoms with Crippen LogP contribution in [0, 0.1) is 0 Å². The lowest BCUT2D eigenvalue weighted by molar-refractivity contribution is 0.00149. The Morgan fingerprint density at radius 1 is 1.13 bits per heavy atom. The number of hydrogen-bond acceptors (Lipinski definition) is 7. The fourth-order valence-corrected chi connectivity index (χ4v) is 4.39. The first-order valence-electron chi connectivity index (χ1n) is 10.8. The molecule has 5 rings (SSSR count). The molecule has 4 heterocycles. The molecule has 1 aromatic carbocycles. The van der Waals surface area contributed by atoms with Crippen molar-refractivity contribution in [3.05, 3.63) is 54.2 Å². The van der Waals surface area contributed by atoms with Gasteiger partial charge in [0.2, 0.25) is 0 Å². The minimum atomic E-state index is -0.0772. The van der Waals surface area contributed by atoms with Crippen LogP contribution in [0.4, 0.5) is 0 Å². The first kappa shape index (κ1) is 20.0. The van der Waals surface area contributed by atoms with Crippen LogP contribution in [0.1, 0.15) is 29.1 Å². The summed E-state index contributed by atoms with van der Waals surface area (Å²) in [6, 6.07) is 9.95. The van der Waals surface area contributed by atoms with Gasteiger partial charge in [-0.1, -0.05) is 17.3 Å². The van der Waals surface area contributed by atoms with Gasteiger partial charge >= 0.3 is 0 Å². The summed E-state index contributed by atoms with van der Waals surface area (Å²) in [5, 5.41) is 5.98. The van der Waals surface area contributed by atoms with Crippen molar-refractivity contribution >= 4 is 16.7 Å². The number of hydrogen-bond donors (Lipinski definition) is 0. The number of benzene rings is 1. The van der Waals surface area contributed by atoms with Gasteiger partial charge in [0.15, 0.2) is 11.5 Å². The van der Waals surface area contributed by atoms with Gasteiger partial charge in [0, 0.05) is 61.5 Å². The summed E-state index contributed by atoms with van der Waals surface area (Å²) in [7, 11) is 0. The zero-order valence-corrected chi connectivity index (χ0v) is 17.4. The second-order valence-corrected chi connectivity index (χ2v) is 7.99. The molecule has 31 heavy (non-hydrogen) atoms. The normalized spacial score (nSPS) is 18.4. The predicted molar refractivity (Wildman–Crippen MR) is 114 cm³/mol. The Morgan fingerprint density at radius 3 is 2.81 bits per heavy atom. The first-order chi connectivity index (χ1) is 15.3. The molecule has 2 aliphatic heterocycles. The number of nitrogens with zero attached hydrogens (tertiary/aromatic N) is 4. The lowest BCUT2D eigenvalue weighted by Crippen LogP contribution is -2.50. The van der Waals surface area contributed by atoms with E-state index in [1.54, 1.807) is 18.5 Å². The predicted octanol–water partition coefficient (Wildman–Crippen LogP) is 2.74. The Balaban J connectivity index is 1.17. The number of carbonyl (C=O) groups is 1.